The van der Waals surface area contributed by atoms with E-state index in [4.69, 9.17) is 4.74 Å². The summed E-state index contributed by atoms with van der Waals surface area (Å²) in [6.07, 6.45) is 2.07. The largest absolute Gasteiger partial charge is 0.497 e. The molecule has 0 radical (unpaired) electrons. The summed E-state index contributed by atoms with van der Waals surface area (Å²) in [4.78, 5) is 12.6. The maximum atomic E-state index is 13.8. The van der Waals surface area contributed by atoms with Gasteiger partial charge < -0.3 is 4.74 Å². The van der Waals surface area contributed by atoms with Crippen molar-refractivity contribution in [1.29, 1.82) is 0 Å². The highest BCUT2D eigenvalue weighted by atomic mass is 19.1. The maximum Gasteiger partial charge on any atom is 0.241 e. The van der Waals surface area contributed by atoms with Gasteiger partial charge in [0.2, 0.25) is 5.91 Å². The molecule has 0 aromatic heterocycles. The molecule has 1 atom stereocenters. The number of aryl methyl sites for hydroxylation is 1. The molecule has 2 aliphatic rings. The molecular formula is C21H21FN2O2. The van der Waals surface area contributed by atoms with Gasteiger partial charge in [-0.25, -0.2) is 9.40 Å². The van der Waals surface area contributed by atoms with Gasteiger partial charge in [-0.15, -0.1) is 0 Å². The number of benzene rings is 2. The molecule has 5 heteroatoms. The molecule has 1 aliphatic heterocycles. The summed E-state index contributed by atoms with van der Waals surface area (Å²) in [6.45, 7) is 1.84. The monoisotopic (exact) mass is 352 g/mol. The summed E-state index contributed by atoms with van der Waals surface area (Å²) < 4.78 is 19.2. The molecule has 1 amide bonds. The van der Waals surface area contributed by atoms with Crippen LogP contribution in [-0.2, 0) is 11.2 Å². The molecule has 1 N–H and O–H groups in total. The number of carbonyl (C=O) groups is 1. The quantitative estimate of drug-likeness (QED) is 0.908. The molecule has 0 saturated heterocycles. The number of amides is 1. The maximum absolute atomic E-state index is 13.8. The second-order valence-electron chi connectivity index (χ2n) is 6.61. The normalized spacial score (nSPS) is 18.3. The smallest absolute Gasteiger partial charge is 0.241 e. The van der Waals surface area contributed by atoms with E-state index in [-0.39, 0.29) is 17.8 Å². The van der Waals surface area contributed by atoms with Crippen LogP contribution in [0.2, 0.25) is 0 Å². The number of carbonyl (C=O) groups excluding carboxylic acids is 1. The Balaban J connectivity index is 1.82. The predicted octanol–water partition coefficient (Wildman–Crippen LogP) is 3.99. The van der Waals surface area contributed by atoms with Gasteiger partial charge in [-0.2, -0.15) is 0 Å². The van der Waals surface area contributed by atoms with Crippen molar-refractivity contribution in [2.75, 3.05) is 7.11 Å². The van der Waals surface area contributed by atoms with Crippen molar-refractivity contribution in [1.82, 2.24) is 10.4 Å². The Morgan fingerprint density at radius 1 is 1.27 bits per heavy atom. The zero-order chi connectivity index (χ0) is 18.3. The van der Waals surface area contributed by atoms with E-state index in [1.54, 1.807) is 18.2 Å². The molecule has 4 nitrogen and oxygen atoms in total. The summed E-state index contributed by atoms with van der Waals surface area (Å²) in [5.41, 5.74) is 8.47. The molecule has 0 saturated carbocycles. The first-order valence-electron chi connectivity index (χ1n) is 8.87. The van der Waals surface area contributed by atoms with Gasteiger partial charge in [0, 0.05) is 12.0 Å². The van der Waals surface area contributed by atoms with Crippen molar-refractivity contribution < 1.29 is 13.9 Å². The van der Waals surface area contributed by atoms with Gasteiger partial charge >= 0.3 is 0 Å². The second-order valence-corrected chi connectivity index (χ2v) is 6.61. The van der Waals surface area contributed by atoms with E-state index in [2.05, 4.69) is 5.43 Å². The highest BCUT2D eigenvalue weighted by Gasteiger charge is 2.39. The number of rotatable bonds is 3. The van der Waals surface area contributed by atoms with Crippen LogP contribution in [0.3, 0.4) is 0 Å². The van der Waals surface area contributed by atoms with Crippen LogP contribution >= 0.6 is 0 Å². The van der Waals surface area contributed by atoms with Crippen LogP contribution in [0.1, 0.15) is 42.5 Å². The highest BCUT2D eigenvalue weighted by Crippen LogP contribution is 2.44. The fourth-order valence-electron chi connectivity index (χ4n) is 3.87. The summed E-state index contributed by atoms with van der Waals surface area (Å²) in [5, 5.41) is 1.65. The SMILES string of the molecule is CCC(=O)N1NC2=C(CCc3cc(OC)ccc32)C1c1cccc(F)c1. The number of hydrazine groups is 1. The van der Waals surface area contributed by atoms with Crippen molar-refractivity contribution in [3.8, 4) is 5.75 Å². The van der Waals surface area contributed by atoms with Crippen LogP contribution in [-0.4, -0.2) is 18.0 Å². The molecule has 0 bridgehead atoms. The number of halogens is 1. The minimum atomic E-state index is -0.290. The zero-order valence-electron chi connectivity index (χ0n) is 14.9. The molecule has 4 rings (SSSR count). The Morgan fingerprint density at radius 2 is 2.12 bits per heavy atom. The summed E-state index contributed by atoms with van der Waals surface area (Å²) in [7, 11) is 1.66. The first-order valence-corrected chi connectivity index (χ1v) is 8.87. The third-order valence-corrected chi connectivity index (χ3v) is 5.12. The number of fused-ring (bicyclic) bond motifs is 2. The van der Waals surface area contributed by atoms with Crippen molar-refractivity contribution >= 4 is 11.6 Å². The van der Waals surface area contributed by atoms with Crippen LogP contribution in [0.4, 0.5) is 4.39 Å². The van der Waals surface area contributed by atoms with Crippen molar-refractivity contribution in [3.63, 3.8) is 0 Å². The number of nitrogens with zero attached hydrogens (tertiary/aromatic N) is 1. The molecular weight excluding hydrogens is 331 g/mol. The number of hydrogen-bond donors (Lipinski definition) is 1. The Kier molecular flexibility index (Phi) is 4.15. The van der Waals surface area contributed by atoms with Crippen molar-refractivity contribution in [3.05, 3.63) is 70.5 Å². The highest BCUT2D eigenvalue weighted by molar-refractivity contribution is 5.83. The van der Waals surface area contributed by atoms with Gasteiger partial charge in [0.1, 0.15) is 17.6 Å². The van der Waals surface area contributed by atoms with E-state index in [1.807, 2.05) is 31.2 Å². The fraction of sp³-hybridized carbons (Fsp3) is 0.286. The van der Waals surface area contributed by atoms with Crippen LogP contribution in [0.15, 0.2) is 48.0 Å². The molecule has 1 heterocycles. The van der Waals surface area contributed by atoms with Gasteiger partial charge in [-0.05, 0) is 59.9 Å². The third-order valence-electron chi connectivity index (χ3n) is 5.12. The van der Waals surface area contributed by atoms with E-state index < -0.39 is 0 Å². The topological polar surface area (TPSA) is 41.6 Å². The number of methoxy groups -OCH3 is 1. The molecule has 26 heavy (non-hydrogen) atoms. The third kappa shape index (κ3) is 2.64. The molecule has 0 spiro atoms. The summed E-state index contributed by atoms with van der Waals surface area (Å²) >= 11 is 0. The van der Waals surface area contributed by atoms with Gasteiger partial charge in [0.15, 0.2) is 0 Å². The lowest BCUT2D eigenvalue weighted by atomic mass is 9.85. The first-order chi connectivity index (χ1) is 12.6. The summed E-state index contributed by atoms with van der Waals surface area (Å²) in [5.74, 6) is 0.527. The number of hydrogen-bond acceptors (Lipinski definition) is 3. The van der Waals surface area contributed by atoms with E-state index in [0.29, 0.717) is 6.42 Å². The molecule has 0 fully saturated rings. The average molecular weight is 352 g/mol. The van der Waals surface area contributed by atoms with Crippen LogP contribution in [0, 0.1) is 5.82 Å². The lowest BCUT2D eigenvalue weighted by Crippen LogP contribution is -2.39. The molecule has 1 unspecified atom stereocenters. The lowest BCUT2D eigenvalue weighted by molar-refractivity contribution is -0.134. The fourth-order valence-corrected chi connectivity index (χ4v) is 3.87. The molecule has 134 valence electrons. The van der Waals surface area contributed by atoms with E-state index in [1.165, 1.54) is 17.7 Å². The van der Waals surface area contributed by atoms with Crippen LogP contribution < -0.4 is 10.2 Å². The van der Waals surface area contributed by atoms with Crippen LogP contribution in [0.25, 0.3) is 5.70 Å². The van der Waals surface area contributed by atoms with Gasteiger partial charge in [-0.3, -0.25) is 10.2 Å². The Bertz CT molecular complexity index is 907. The zero-order valence-corrected chi connectivity index (χ0v) is 14.9. The first kappa shape index (κ1) is 16.6. The van der Waals surface area contributed by atoms with Gasteiger partial charge in [0.05, 0.1) is 12.8 Å². The van der Waals surface area contributed by atoms with Crippen molar-refractivity contribution in [2.24, 2.45) is 0 Å². The lowest BCUT2D eigenvalue weighted by Gasteiger charge is -2.26. The number of ether oxygens (including phenoxy) is 1. The van der Waals surface area contributed by atoms with E-state index in [9.17, 15) is 9.18 Å². The Hall–Kier alpha value is -2.82. The van der Waals surface area contributed by atoms with Crippen LogP contribution in [0.5, 0.6) is 5.75 Å². The molecule has 2 aromatic carbocycles. The predicted molar refractivity (Wildman–Crippen MR) is 97.6 cm³/mol. The van der Waals surface area contributed by atoms with Gasteiger partial charge in [0.25, 0.3) is 0 Å². The van der Waals surface area contributed by atoms with Gasteiger partial charge in [-0.1, -0.05) is 19.1 Å². The van der Waals surface area contributed by atoms with E-state index >= 15 is 0 Å². The molecule has 1 aliphatic carbocycles. The van der Waals surface area contributed by atoms with E-state index in [0.717, 1.165) is 41.0 Å². The minimum absolute atomic E-state index is 0.0104. The number of nitrogens with one attached hydrogen (secondary N) is 1. The summed E-state index contributed by atoms with van der Waals surface area (Å²) in [6, 6.07) is 12.2. The minimum Gasteiger partial charge on any atom is -0.497 e. The second kappa shape index (κ2) is 6.48. The Labute approximate surface area is 152 Å². The standard InChI is InChI=1S/C21H21FN2O2/c1-3-19(25)24-21(14-5-4-6-15(22)11-14)18-9-7-13-12-16(26-2)8-10-17(13)20(18)23-24/h4-6,8,10-12,21,23H,3,7,9H2,1-2H3. The Morgan fingerprint density at radius 3 is 2.85 bits per heavy atom. The average Bonchev–Trinajstić information content (AvgIpc) is 3.06. The van der Waals surface area contributed by atoms with Crippen molar-refractivity contribution in [2.45, 2.75) is 32.2 Å². The molecule has 2 aromatic rings.